The summed E-state index contributed by atoms with van der Waals surface area (Å²) < 4.78 is 5.52. The Bertz CT molecular complexity index is 987. The van der Waals surface area contributed by atoms with E-state index in [9.17, 15) is 19.7 Å². The third kappa shape index (κ3) is 5.59. The first-order chi connectivity index (χ1) is 14.9. The molecule has 31 heavy (non-hydrogen) atoms. The molecule has 1 aliphatic rings. The number of amides is 2. The van der Waals surface area contributed by atoms with E-state index >= 15 is 0 Å². The Morgan fingerprint density at radius 3 is 2.32 bits per heavy atom. The first-order valence-corrected chi connectivity index (χ1v) is 11.0. The summed E-state index contributed by atoms with van der Waals surface area (Å²) in [4.78, 5) is 38.3. The Balaban J connectivity index is 1.85. The highest BCUT2D eigenvalue weighted by Gasteiger charge is 2.38. The second-order valence-electron chi connectivity index (χ2n) is 7.32. The molecular weight excluding hydrogens is 416 g/mol. The van der Waals surface area contributed by atoms with Gasteiger partial charge in [0.05, 0.1) is 21.5 Å². The second-order valence-corrected chi connectivity index (χ2v) is 8.30. The van der Waals surface area contributed by atoms with Crippen molar-refractivity contribution in [3.8, 4) is 0 Å². The van der Waals surface area contributed by atoms with Gasteiger partial charge in [-0.15, -0.1) is 11.8 Å². The number of thioether (sulfide) groups is 1. The average Bonchev–Trinajstić information content (AvgIpc) is 2.99. The number of nitro benzene ring substituents is 1. The molecule has 0 radical (unpaired) electrons. The molecule has 2 aromatic rings. The Morgan fingerprint density at radius 1 is 1.03 bits per heavy atom. The molecule has 0 N–H and O–H groups in total. The largest absolute Gasteiger partial charge is 0.379 e. The Hall–Kier alpha value is -2.97. The minimum atomic E-state index is -0.494. The number of imide groups is 1. The van der Waals surface area contributed by atoms with Crippen LogP contribution in [-0.2, 0) is 20.1 Å². The minimum Gasteiger partial charge on any atom is -0.379 e. The van der Waals surface area contributed by atoms with Crippen molar-refractivity contribution in [3.05, 3.63) is 80.7 Å². The number of benzene rings is 2. The zero-order valence-electron chi connectivity index (χ0n) is 17.4. The van der Waals surface area contributed by atoms with Crippen LogP contribution in [0.25, 0.3) is 5.57 Å². The number of carbonyl (C=O) groups excluding carboxylic acids is 2. The molecule has 8 heteroatoms. The lowest BCUT2D eigenvalue weighted by atomic mass is 10.1. The number of carbonyl (C=O) groups is 2. The normalized spacial score (nSPS) is 14.1. The number of rotatable bonds is 10. The van der Waals surface area contributed by atoms with Gasteiger partial charge in [-0.2, -0.15) is 0 Å². The standard InChI is InChI=1S/C23H24N2O5S/c1-16(2)30-14-6-13-24-22(26)20(18-9-11-19(12-10-18)25(28)29)21(23(24)27)31-15-17-7-4-3-5-8-17/h3-5,7-12,16H,6,13-15H2,1-2H3. The molecule has 0 spiro atoms. The molecule has 2 amide bonds. The van der Waals surface area contributed by atoms with Crippen LogP contribution in [0, 0.1) is 10.1 Å². The number of nitrogens with zero attached hydrogens (tertiary/aromatic N) is 2. The van der Waals surface area contributed by atoms with Gasteiger partial charge < -0.3 is 4.74 Å². The molecule has 3 rings (SSSR count). The molecule has 7 nitrogen and oxygen atoms in total. The van der Waals surface area contributed by atoms with Crippen LogP contribution in [0.3, 0.4) is 0 Å². The fraction of sp³-hybridized carbons (Fsp3) is 0.304. The van der Waals surface area contributed by atoms with Crippen molar-refractivity contribution in [1.82, 2.24) is 4.90 Å². The predicted molar refractivity (Wildman–Crippen MR) is 120 cm³/mol. The lowest BCUT2D eigenvalue weighted by Gasteiger charge is -2.15. The summed E-state index contributed by atoms with van der Waals surface area (Å²) in [6.07, 6.45) is 0.621. The van der Waals surface area contributed by atoms with Gasteiger partial charge in [-0.25, -0.2) is 0 Å². The van der Waals surface area contributed by atoms with Crippen molar-refractivity contribution in [3.63, 3.8) is 0 Å². The van der Waals surface area contributed by atoms with Crippen molar-refractivity contribution in [2.45, 2.75) is 32.1 Å². The number of hydrogen-bond donors (Lipinski definition) is 0. The highest BCUT2D eigenvalue weighted by molar-refractivity contribution is 8.03. The van der Waals surface area contributed by atoms with Crippen molar-refractivity contribution in [2.75, 3.05) is 13.2 Å². The van der Waals surface area contributed by atoms with Crippen LogP contribution >= 0.6 is 11.8 Å². The van der Waals surface area contributed by atoms with Crippen LogP contribution in [0.5, 0.6) is 0 Å². The quantitative estimate of drug-likeness (QED) is 0.235. The van der Waals surface area contributed by atoms with Gasteiger partial charge in [0.15, 0.2) is 0 Å². The molecule has 0 fully saturated rings. The summed E-state index contributed by atoms with van der Waals surface area (Å²) in [7, 11) is 0. The average molecular weight is 441 g/mol. The molecule has 1 aliphatic heterocycles. The lowest BCUT2D eigenvalue weighted by Crippen LogP contribution is -2.33. The number of non-ortho nitro benzene ring substituents is 1. The maximum Gasteiger partial charge on any atom is 0.269 e. The smallest absolute Gasteiger partial charge is 0.269 e. The fourth-order valence-corrected chi connectivity index (χ4v) is 4.25. The van der Waals surface area contributed by atoms with Crippen molar-refractivity contribution < 1.29 is 19.2 Å². The molecule has 1 heterocycles. The summed E-state index contributed by atoms with van der Waals surface area (Å²) in [6, 6.07) is 15.4. The summed E-state index contributed by atoms with van der Waals surface area (Å²) in [6.45, 7) is 4.57. The van der Waals surface area contributed by atoms with Gasteiger partial charge >= 0.3 is 0 Å². The molecule has 0 aromatic heterocycles. The van der Waals surface area contributed by atoms with Crippen molar-refractivity contribution in [2.24, 2.45) is 0 Å². The van der Waals surface area contributed by atoms with E-state index in [-0.39, 0.29) is 30.2 Å². The van der Waals surface area contributed by atoms with Crippen LogP contribution in [0.4, 0.5) is 5.69 Å². The van der Waals surface area contributed by atoms with E-state index in [1.165, 1.54) is 40.9 Å². The van der Waals surface area contributed by atoms with Crippen LogP contribution in [0.1, 0.15) is 31.4 Å². The zero-order valence-corrected chi connectivity index (χ0v) is 18.3. The minimum absolute atomic E-state index is 0.0673. The molecular formula is C23H24N2O5S. The molecule has 0 aliphatic carbocycles. The van der Waals surface area contributed by atoms with E-state index in [2.05, 4.69) is 0 Å². The highest BCUT2D eigenvalue weighted by atomic mass is 32.2. The van der Waals surface area contributed by atoms with E-state index in [1.54, 1.807) is 0 Å². The van der Waals surface area contributed by atoms with Crippen LogP contribution < -0.4 is 0 Å². The lowest BCUT2D eigenvalue weighted by molar-refractivity contribution is -0.384. The maximum atomic E-state index is 13.1. The van der Waals surface area contributed by atoms with Crippen LogP contribution in [0.15, 0.2) is 59.5 Å². The Labute approximate surface area is 185 Å². The summed E-state index contributed by atoms with van der Waals surface area (Å²) >= 11 is 1.31. The second kappa shape index (κ2) is 10.4. The van der Waals surface area contributed by atoms with Crippen LogP contribution in [0.2, 0.25) is 0 Å². The SMILES string of the molecule is CC(C)OCCCN1C(=O)C(SCc2ccccc2)=C(c2ccc([N+](=O)[O-])cc2)C1=O. The monoisotopic (exact) mass is 440 g/mol. The first kappa shape index (κ1) is 22.7. The molecule has 162 valence electrons. The van der Waals surface area contributed by atoms with Crippen molar-refractivity contribution in [1.29, 1.82) is 0 Å². The van der Waals surface area contributed by atoms with Gasteiger partial charge in [0.1, 0.15) is 0 Å². The number of ether oxygens (including phenoxy) is 1. The molecule has 0 unspecified atom stereocenters. The topological polar surface area (TPSA) is 89.8 Å². The van der Waals surface area contributed by atoms with Gasteiger partial charge in [-0.1, -0.05) is 30.3 Å². The summed E-state index contributed by atoms with van der Waals surface area (Å²) in [5, 5.41) is 11.0. The Kier molecular flexibility index (Phi) is 7.59. The van der Waals surface area contributed by atoms with Gasteiger partial charge in [0.2, 0.25) is 0 Å². The summed E-state index contributed by atoms with van der Waals surface area (Å²) in [5.41, 5.74) is 1.76. The number of nitro groups is 1. The molecule has 0 saturated heterocycles. The maximum absolute atomic E-state index is 13.1. The molecule has 2 aromatic carbocycles. The van der Waals surface area contributed by atoms with Gasteiger partial charge in [-0.05, 0) is 43.5 Å². The molecule has 0 bridgehead atoms. The van der Waals surface area contributed by atoms with E-state index in [1.807, 2.05) is 44.2 Å². The Morgan fingerprint density at radius 2 is 1.71 bits per heavy atom. The third-order valence-electron chi connectivity index (χ3n) is 4.70. The highest BCUT2D eigenvalue weighted by Crippen LogP contribution is 2.38. The number of hydrogen-bond acceptors (Lipinski definition) is 6. The van der Waals surface area contributed by atoms with E-state index in [4.69, 9.17) is 4.74 Å². The zero-order chi connectivity index (χ0) is 22.4. The van der Waals surface area contributed by atoms with Crippen LogP contribution in [-0.4, -0.2) is 40.9 Å². The van der Waals surface area contributed by atoms with Gasteiger partial charge in [0, 0.05) is 31.0 Å². The van der Waals surface area contributed by atoms with Gasteiger partial charge in [-0.3, -0.25) is 24.6 Å². The first-order valence-electron chi connectivity index (χ1n) is 10.0. The van der Waals surface area contributed by atoms with Crippen molar-refractivity contribution >= 4 is 34.8 Å². The molecule has 0 atom stereocenters. The summed E-state index contributed by atoms with van der Waals surface area (Å²) in [5.74, 6) is -0.168. The fourth-order valence-electron chi connectivity index (χ4n) is 3.17. The van der Waals surface area contributed by atoms with Gasteiger partial charge in [0.25, 0.3) is 17.5 Å². The predicted octanol–water partition coefficient (Wildman–Crippen LogP) is 4.42. The van der Waals surface area contributed by atoms with E-state index < -0.39 is 4.92 Å². The third-order valence-corrected chi connectivity index (χ3v) is 5.84. The van der Waals surface area contributed by atoms with E-state index in [0.29, 0.717) is 34.8 Å². The van der Waals surface area contributed by atoms with E-state index in [0.717, 1.165) is 5.56 Å². The molecule has 0 saturated carbocycles.